The van der Waals surface area contributed by atoms with Crippen molar-refractivity contribution in [3.63, 3.8) is 0 Å². The number of ether oxygens (including phenoxy) is 2. The van der Waals surface area contributed by atoms with E-state index in [1.165, 1.54) is 0 Å². The molecule has 0 bridgehead atoms. The molecule has 2 saturated heterocycles. The number of hydrogen-bond donors (Lipinski definition) is 4. The number of aliphatic hydroxyl groups excluding tert-OH is 2. The topological polar surface area (TPSA) is 99.4 Å². The van der Waals surface area contributed by atoms with E-state index in [9.17, 15) is 20.4 Å². The third-order valence-electron chi connectivity index (χ3n) is 11.6. The van der Waals surface area contributed by atoms with Crippen LogP contribution in [0.15, 0.2) is 0 Å². The summed E-state index contributed by atoms with van der Waals surface area (Å²) in [7, 11) is 0. The Morgan fingerprint density at radius 3 is 2.34 bits per heavy atom. The Bertz CT molecular complexity index is 765. The van der Waals surface area contributed by atoms with E-state index in [2.05, 4.69) is 20.8 Å². The van der Waals surface area contributed by atoms with Crippen LogP contribution in [-0.4, -0.2) is 62.3 Å². The van der Waals surface area contributed by atoms with Gasteiger partial charge in [-0.15, -0.1) is 0 Å². The summed E-state index contributed by atoms with van der Waals surface area (Å²) in [6, 6.07) is 0. The Morgan fingerprint density at radius 1 is 0.875 bits per heavy atom. The van der Waals surface area contributed by atoms with Crippen molar-refractivity contribution >= 4 is 0 Å². The van der Waals surface area contributed by atoms with E-state index in [1.54, 1.807) is 0 Å². The first-order chi connectivity index (χ1) is 15.0. The molecule has 0 amide bonds. The van der Waals surface area contributed by atoms with Crippen molar-refractivity contribution in [1.29, 1.82) is 0 Å². The van der Waals surface area contributed by atoms with Crippen molar-refractivity contribution in [3.05, 3.63) is 0 Å². The molecule has 0 radical (unpaired) electrons. The van der Waals surface area contributed by atoms with Gasteiger partial charge in [0, 0.05) is 30.1 Å². The van der Waals surface area contributed by atoms with Crippen LogP contribution in [0.4, 0.5) is 0 Å². The average molecular weight is 451 g/mol. The van der Waals surface area contributed by atoms with Gasteiger partial charge in [0.1, 0.15) is 0 Å². The minimum absolute atomic E-state index is 0.0412. The minimum Gasteiger partial charge on any atom is -0.390 e. The van der Waals surface area contributed by atoms with Crippen LogP contribution in [0.2, 0.25) is 0 Å². The molecule has 4 saturated carbocycles. The summed E-state index contributed by atoms with van der Waals surface area (Å²) >= 11 is 0. The summed E-state index contributed by atoms with van der Waals surface area (Å²) in [5, 5.41) is 44.6. The lowest BCUT2D eigenvalue weighted by Crippen LogP contribution is -2.66. The van der Waals surface area contributed by atoms with Crippen molar-refractivity contribution < 1.29 is 29.9 Å². The summed E-state index contributed by atoms with van der Waals surface area (Å²) in [5.74, 6) is 1.07. The largest absolute Gasteiger partial charge is 0.390 e. The molecule has 6 nitrogen and oxygen atoms in total. The lowest BCUT2D eigenvalue weighted by molar-refractivity contribution is -0.278. The quantitative estimate of drug-likeness (QED) is 0.453. The number of fused-ring (bicyclic) bond motifs is 7. The fraction of sp³-hybridized carbons (Fsp3) is 1.00. The van der Waals surface area contributed by atoms with Gasteiger partial charge in [-0.3, -0.25) is 0 Å². The second-order valence-electron chi connectivity index (χ2n) is 12.9. The first kappa shape index (κ1) is 22.2. The minimum atomic E-state index is -0.933. The van der Waals surface area contributed by atoms with Gasteiger partial charge >= 0.3 is 0 Å². The molecule has 7 unspecified atom stereocenters. The van der Waals surface area contributed by atoms with E-state index in [0.29, 0.717) is 24.7 Å². The predicted molar refractivity (Wildman–Crippen MR) is 117 cm³/mol. The number of aliphatic hydroxyl groups is 4. The maximum absolute atomic E-state index is 12.2. The highest BCUT2D eigenvalue weighted by molar-refractivity contribution is 5.20. The van der Waals surface area contributed by atoms with Crippen molar-refractivity contribution in [1.82, 2.24) is 0 Å². The molecule has 6 fully saturated rings. The second-order valence-corrected chi connectivity index (χ2v) is 12.9. The molecule has 0 aromatic rings. The van der Waals surface area contributed by atoms with Gasteiger partial charge < -0.3 is 29.9 Å². The van der Waals surface area contributed by atoms with Gasteiger partial charge in [-0.1, -0.05) is 20.8 Å². The molecular weight excluding hydrogens is 408 g/mol. The summed E-state index contributed by atoms with van der Waals surface area (Å²) in [5.41, 5.74) is -2.10. The molecule has 2 aliphatic heterocycles. The van der Waals surface area contributed by atoms with Crippen LogP contribution in [0, 0.1) is 40.9 Å². The van der Waals surface area contributed by atoms with Gasteiger partial charge in [-0.05, 0) is 68.6 Å². The molecule has 0 aromatic heterocycles. The Labute approximate surface area is 191 Å². The fourth-order valence-electron chi connectivity index (χ4n) is 9.76. The molecule has 6 aliphatic rings. The SMILES string of the molecule is CC1CCC2(OC1)O[C@H]1CC3C4CC[C@@]5(O)C[C@@H](O)[C@H](O)C[C@]5(C)C4CC[C@]3(O)C1C2C. The van der Waals surface area contributed by atoms with Gasteiger partial charge in [0.05, 0.1) is 36.1 Å². The maximum Gasteiger partial charge on any atom is 0.171 e. The molecular formula is C26H42O6. The van der Waals surface area contributed by atoms with Crippen molar-refractivity contribution in [2.24, 2.45) is 40.9 Å². The van der Waals surface area contributed by atoms with E-state index < -0.39 is 34.6 Å². The lowest BCUT2D eigenvalue weighted by Gasteiger charge is -2.64. The van der Waals surface area contributed by atoms with Crippen molar-refractivity contribution in [3.8, 4) is 0 Å². The fourth-order valence-corrected chi connectivity index (χ4v) is 9.76. The van der Waals surface area contributed by atoms with Crippen LogP contribution >= 0.6 is 0 Å². The highest BCUT2D eigenvalue weighted by Crippen LogP contribution is 2.69. The third kappa shape index (κ3) is 2.68. The Morgan fingerprint density at radius 2 is 1.62 bits per heavy atom. The zero-order valence-corrected chi connectivity index (χ0v) is 19.9. The van der Waals surface area contributed by atoms with Crippen LogP contribution in [0.5, 0.6) is 0 Å². The van der Waals surface area contributed by atoms with Crippen LogP contribution in [0.3, 0.4) is 0 Å². The van der Waals surface area contributed by atoms with Gasteiger partial charge in [0.25, 0.3) is 0 Å². The van der Waals surface area contributed by atoms with Crippen LogP contribution in [-0.2, 0) is 9.47 Å². The van der Waals surface area contributed by atoms with Gasteiger partial charge in [0.2, 0.25) is 0 Å². The highest BCUT2D eigenvalue weighted by atomic mass is 16.7. The Hall–Kier alpha value is -0.240. The van der Waals surface area contributed by atoms with Gasteiger partial charge in [0.15, 0.2) is 5.79 Å². The molecule has 6 rings (SSSR count). The van der Waals surface area contributed by atoms with Crippen LogP contribution in [0.1, 0.15) is 78.6 Å². The summed E-state index contributed by atoms with van der Waals surface area (Å²) in [4.78, 5) is 0. The second kappa shape index (κ2) is 6.92. The monoisotopic (exact) mass is 450 g/mol. The molecule has 4 N–H and O–H groups in total. The summed E-state index contributed by atoms with van der Waals surface area (Å²) in [6.07, 6.45) is 5.10. The maximum atomic E-state index is 12.2. The van der Waals surface area contributed by atoms with Crippen molar-refractivity contribution in [2.75, 3.05) is 6.61 Å². The van der Waals surface area contributed by atoms with E-state index >= 15 is 0 Å². The molecule has 13 atom stereocenters. The highest BCUT2D eigenvalue weighted by Gasteiger charge is 2.72. The molecule has 4 aliphatic carbocycles. The van der Waals surface area contributed by atoms with Crippen LogP contribution < -0.4 is 0 Å². The zero-order chi connectivity index (χ0) is 22.7. The van der Waals surface area contributed by atoms with Crippen LogP contribution in [0.25, 0.3) is 0 Å². The normalized spacial score (nSPS) is 64.0. The van der Waals surface area contributed by atoms with E-state index in [1.807, 2.05) is 0 Å². The standard InChI is InChI=1S/C26H42O6/c1-14-4-9-26(31-13-14)15(2)22-21(32-26)10-18-16-5-7-24(29)12-20(28)19(27)11-23(24,3)17(16)6-8-25(18,22)30/h14-22,27-30H,4-13H2,1-3H3/t14?,15?,16?,17?,18?,19-,20-,21+,22?,23-,24-,25-,26?/m1/s1. The number of hydrogen-bond acceptors (Lipinski definition) is 6. The van der Waals surface area contributed by atoms with Gasteiger partial charge in [-0.2, -0.15) is 0 Å². The lowest BCUT2D eigenvalue weighted by atomic mass is 9.44. The third-order valence-corrected chi connectivity index (χ3v) is 11.6. The van der Waals surface area contributed by atoms with E-state index in [0.717, 1.165) is 45.1 Å². The van der Waals surface area contributed by atoms with E-state index in [-0.39, 0.29) is 36.2 Å². The molecule has 1 spiro atoms. The molecule has 182 valence electrons. The van der Waals surface area contributed by atoms with E-state index in [4.69, 9.17) is 9.47 Å². The molecule has 32 heavy (non-hydrogen) atoms. The average Bonchev–Trinajstić information content (AvgIpc) is 3.17. The smallest absolute Gasteiger partial charge is 0.171 e. The Balaban J connectivity index is 1.28. The number of rotatable bonds is 0. The predicted octanol–water partition coefficient (Wildman–Crippen LogP) is 2.60. The first-order valence-electron chi connectivity index (χ1n) is 13.2. The Kier molecular flexibility index (Phi) is 4.81. The zero-order valence-electron chi connectivity index (χ0n) is 19.9. The molecule has 0 aromatic carbocycles. The summed E-state index contributed by atoms with van der Waals surface area (Å²) in [6.45, 7) is 7.32. The van der Waals surface area contributed by atoms with Gasteiger partial charge in [-0.25, -0.2) is 0 Å². The molecule has 6 heteroatoms. The summed E-state index contributed by atoms with van der Waals surface area (Å²) < 4.78 is 13.0. The molecule has 2 heterocycles. The van der Waals surface area contributed by atoms with Crippen molar-refractivity contribution in [2.45, 2.75) is 114 Å². The first-order valence-corrected chi connectivity index (χ1v) is 13.2.